The monoisotopic (exact) mass is 272 g/mol. The summed E-state index contributed by atoms with van der Waals surface area (Å²) in [5, 5.41) is 5.34. The van der Waals surface area contributed by atoms with Crippen molar-refractivity contribution < 1.29 is 13.6 Å². The van der Waals surface area contributed by atoms with Crippen molar-refractivity contribution in [2.45, 2.75) is 13.0 Å². The highest BCUT2D eigenvalue weighted by Gasteiger charge is 2.23. The molecule has 1 saturated heterocycles. The van der Waals surface area contributed by atoms with Crippen molar-refractivity contribution in [3.8, 4) is 0 Å². The van der Waals surface area contributed by atoms with Crippen LogP contribution in [0.5, 0.6) is 0 Å². The number of amides is 1. The number of benzene rings is 1. The van der Waals surface area contributed by atoms with Crippen molar-refractivity contribution in [1.82, 2.24) is 5.32 Å². The summed E-state index contributed by atoms with van der Waals surface area (Å²) in [5.41, 5.74) is -0.0601. The summed E-state index contributed by atoms with van der Waals surface area (Å²) >= 11 is 1.64. The molecule has 1 aromatic rings. The Morgan fingerprint density at radius 2 is 2.28 bits per heavy atom. The summed E-state index contributed by atoms with van der Waals surface area (Å²) in [6.45, 7) is 2.25. The molecular formula is C12H14F2N2OS. The summed E-state index contributed by atoms with van der Waals surface area (Å²) in [6.07, 6.45) is 0. The van der Waals surface area contributed by atoms with Gasteiger partial charge in [-0.05, 0) is 18.6 Å². The fourth-order valence-electron chi connectivity index (χ4n) is 1.72. The third-order valence-electron chi connectivity index (χ3n) is 2.77. The molecule has 0 aromatic heterocycles. The van der Waals surface area contributed by atoms with Gasteiger partial charge in [-0.1, -0.05) is 6.07 Å². The van der Waals surface area contributed by atoms with E-state index in [0.29, 0.717) is 11.3 Å². The van der Waals surface area contributed by atoms with Gasteiger partial charge >= 0.3 is 0 Å². The molecule has 1 atom stereocenters. The molecule has 98 valence electrons. The Hall–Kier alpha value is -1.14. The van der Waals surface area contributed by atoms with Crippen LogP contribution in [0.3, 0.4) is 0 Å². The minimum atomic E-state index is -0.755. The van der Waals surface area contributed by atoms with Crippen molar-refractivity contribution in [3.05, 3.63) is 29.3 Å². The zero-order chi connectivity index (χ0) is 13.1. The van der Waals surface area contributed by atoms with Crippen molar-refractivity contribution in [3.63, 3.8) is 0 Å². The number of thioether (sulfide) groups is 1. The van der Waals surface area contributed by atoms with Crippen molar-refractivity contribution in [1.29, 1.82) is 0 Å². The van der Waals surface area contributed by atoms with Crippen LogP contribution in [-0.2, 0) is 4.79 Å². The van der Waals surface area contributed by atoms with E-state index in [4.69, 9.17) is 0 Å². The lowest BCUT2D eigenvalue weighted by molar-refractivity contribution is -0.117. The summed E-state index contributed by atoms with van der Waals surface area (Å²) in [7, 11) is 0. The Kier molecular flexibility index (Phi) is 4.19. The Labute approximate surface area is 108 Å². The van der Waals surface area contributed by atoms with E-state index in [1.165, 1.54) is 13.0 Å². The normalized spacial score (nSPS) is 19.6. The van der Waals surface area contributed by atoms with Crippen LogP contribution in [0.4, 0.5) is 14.5 Å². The second-order valence-electron chi connectivity index (χ2n) is 4.12. The first-order chi connectivity index (χ1) is 8.59. The second-order valence-corrected chi connectivity index (χ2v) is 5.27. The summed E-state index contributed by atoms with van der Waals surface area (Å²) < 4.78 is 27.2. The van der Waals surface area contributed by atoms with Crippen LogP contribution in [0.2, 0.25) is 0 Å². The molecule has 0 bridgehead atoms. The number of hydrogen-bond donors (Lipinski definition) is 2. The number of carbonyl (C=O) groups is 1. The highest BCUT2D eigenvalue weighted by Crippen LogP contribution is 2.22. The SMILES string of the molecule is Cc1ccc(F)c(NC(=O)C2CSCCN2)c1F. The molecule has 6 heteroatoms. The van der Waals surface area contributed by atoms with Crippen LogP contribution < -0.4 is 10.6 Å². The predicted molar refractivity (Wildman–Crippen MR) is 68.8 cm³/mol. The van der Waals surface area contributed by atoms with Crippen LogP contribution in [0.15, 0.2) is 12.1 Å². The van der Waals surface area contributed by atoms with Gasteiger partial charge in [0.05, 0.1) is 6.04 Å². The van der Waals surface area contributed by atoms with Gasteiger partial charge in [0.15, 0.2) is 5.82 Å². The maximum absolute atomic E-state index is 13.7. The van der Waals surface area contributed by atoms with E-state index in [9.17, 15) is 13.6 Å². The van der Waals surface area contributed by atoms with Gasteiger partial charge in [0.25, 0.3) is 0 Å². The molecular weight excluding hydrogens is 258 g/mol. The van der Waals surface area contributed by atoms with E-state index in [0.717, 1.165) is 18.4 Å². The third kappa shape index (κ3) is 2.81. The predicted octanol–water partition coefficient (Wildman–Crippen LogP) is 1.92. The second kappa shape index (κ2) is 5.67. The number of rotatable bonds is 2. The van der Waals surface area contributed by atoms with E-state index in [2.05, 4.69) is 10.6 Å². The molecule has 3 nitrogen and oxygen atoms in total. The lowest BCUT2D eigenvalue weighted by Gasteiger charge is -2.22. The topological polar surface area (TPSA) is 41.1 Å². The fraction of sp³-hybridized carbons (Fsp3) is 0.417. The molecule has 1 aliphatic rings. The van der Waals surface area contributed by atoms with Crippen molar-refractivity contribution in [2.75, 3.05) is 23.4 Å². The number of nitrogens with one attached hydrogen (secondary N) is 2. The molecule has 1 heterocycles. The maximum Gasteiger partial charge on any atom is 0.242 e. The molecule has 1 unspecified atom stereocenters. The first-order valence-electron chi connectivity index (χ1n) is 5.66. The van der Waals surface area contributed by atoms with E-state index >= 15 is 0 Å². The number of halogens is 2. The molecule has 2 N–H and O–H groups in total. The molecule has 1 aliphatic heterocycles. The van der Waals surface area contributed by atoms with E-state index in [1.807, 2.05) is 0 Å². The molecule has 1 fully saturated rings. The van der Waals surface area contributed by atoms with Crippen LogP contribution in [0, 0.1) is 18.6 Å². The first-order valence-corrected chi connectivity index (χ1v) is 6.81. The number of hydrogen-bond acceptors (Lipinski definition) is 3. The van der Waals surface area contributed by atoms with E-state index in [1.54, 1.807) is 11.8 Å². The molecule has 0 spiro atoms. The molecule has 0 radical (unpaired) electrons. The van der Waals surface area contributed by atoms with E-state index in [-0.39, 0.29) is 5.69 Å². The van der Waals surface area contributed by atoms with Crippen LogP contribution in [0.25, 0.3) is 0 Å². The van der Waals surface area contributed by atoms with Crippen molar-refractivity contribution in [2.24, 2.45) is 0 Å². The number of aryl methyl sites for hydroxylation is 1. The highest BCUT2D eigenvalue weighted by molar-refractivity contribution is 7.99. The van der Waals surface area contributed by atoms with Crippen molar-refractivity contribution >= 4 is 23.4 Å². The highest BCUT2D eigenvalue weighted by atomic mass is 32.2. The summed E-state index contributed by atoms with van der Waals surface area (Å²) in [6, 6.07) is 2.09. The molecule has 2 rings (SSSR count). The largest absolute Gasteiger partial charge is 0.320 e. The number of carbonyl (C=O) groups excluding carboxylic acids is 1. The lowest BCUT2D eigenvalue weighted by Crippen LogP contribution is -2.46. The maximum atomic E-state index is 13.7. The van der Waals surface area contributed by atoms with Crippen LogP contribution in [-0.4, -0.2) is 30.0 Å². The first kappa shape index (κ1) is 13.3. The lowest BCUT2D eigenvalue weighted by atomic mass is 10.2. The van der Waals surface area contributed by atoms with Gasteiger partial charge in [-0.2, -0.15) is 11.8 Å². The van der Waals surface area contributed by atoms with Gasteiger partial charge in [-0.15, -0.1) is 0 Å². The standard InChI is InChI=1S/C12H14F2N2OS/c1-7-2-3-8(13)11(10(7)14)16-12(17)9-6-18-5-4-15-9/h2-3,9,15H,4-6H2,1H3,(H,16,17). The average molecular weight is 272 g/mol. The molecule has 18 heavy (non-hydrogen) atoms. The summed E-state index contributed by atoms with van der Waals surface area (Å²) in [5.74, 6) is -0.315. The van der Waals surface area contributed by atoms with Gasteiger partial charge in [-0.3, -0.25) is 4.79 Å². The zero-order valence-electron chi connectivity index (χ0n) is 9.93. The smallest absolute Gasteiger partial charge is 0.242 e. The van der Waals surface area contributed by atoms with Crippen LogP contribution in [0.1, 0.15) is 5.56 Å². The van der Waals surface area contributed by atoms with Gasteiger partial charge < -0.3 is 10.6 Å². The van der Waals surface area contributed by atoms with Gasteiger partial charge in [0, 0.05) is 18.1 Å². The fourth-order valence-corrected chi connectivity index (χ4v) is 2.65. The minimum Gasteiger partial charge on any atom is -0.320 e. The molecule has 1 aromatic carbocycles. The van der Waals surface area contributed by atoms with Gasteiger partial charge in [-0.25, -0.2) is 8.78 Å². The number of anilines is 1. The third-order valence-corrected chi connectivity index (χ3v) is 3.83. The minimum absolute atomic E-state index is 0.303. The van der Waals surface area contributed by atoms with Crippen LogP contribution >= 0.6 is 11.8 Å². The summed E-state index contributed by atoms with van der Waals surface area (Å²) in [4.78, 5) is 11.9. The Morgan fingerprint density at radius 3 is 2.94 bits per heavy atom. The van der Waals surface area contributed by atoms with E-state index < -0.39 is 23.6 Å². The Morgan fingerprint density at radius 1 is 1.50 bits per heavy atom. The molecule has 0 aliphatic carbocycles. The Bertz CT molecular complexity index is 462. The van der Waals surface area contributed by atoms with Gasteiger partial charge in [0.1, 0.15) is 11.5 Å². The zero-order valence-corrected chi connectivity index (χ0v) is 10.7. The Balaban J connectivity index is 2.13. The quantitative estimate of drug-likeness (QED) is 0.864. The molecule has 0 saturated carbocycles. The molecule has 1 amide bonds. The average Bonchev–Trinajstić information content (AvgIpc) is 2.40. The van der Waals surface area contributed by atoms with Gasteiger partial charge in [0.2, 0.25) is 5.91 Å².